The number of fused-ring (bicyclic) bond motifs is 1. The van der Waals surface area contributed by atoms with Crippen molar-refractivity contribution in [2.75, 3.05) is 12.5 Å². The zero-order valence-electron chi connectivity index (χ0n) is 12.3. The van der Waals surface area contributed by atoms with Gasteiger partial charge < -0.3 is 15.3 Å². The molecule has 1 atom stereocenters. The van der Waals surface area contributed by atoms with Crippen molar-refractivity contribution in [1.29, 1.82) is 0 Å². The molecule has 6 nitrogen and oxygen atoms in total. The van der Waals surface area contributed by atoms with Gasteiger partial charge in [-0.3, -0.25) is 0 Å². The van der Waals surface area contributed by atoms with E-state index in [0.29, 0.717) is 5.75 Å². The van der Waals surface area contributed by atoms with Crippen molar-refractivity contribution in [2.45, 2.75) is 10.5 Å². The van der Waals surface area contributed by atoms with Crippen LogP contribution >= 0.6 is 11.8 Å². The first-order chi connectivity index (χ1) is 11.3. The Hall–Kier alpha value is -2.67. The van der Waals surface area contributed by atoms with Crippen LogP contribution < -0.4 is 10.2 Å². The van der Waals surface area contributed by atoms with Crippen LogP contribution in [0, 0.1) is 0 Å². The molecule has 2 heterocycles. The van der Waals surface area contributed by atoms with Crippen LogP contribution in [0.15, 0.2) is 53.7 Å². The van der Waals surface area contributed by atoms with Crippen LogP contribution in [-0.4, -0.2) is 27.1 Å². The molecule has 3 aromatic rings. The molecule has 0 aliphatic carbocycles. The third-order valence-corrected chi connectivity index (χ3v) is 4.73. The Morgan fingerprint density at radius 3 is 2.78 bits per heavy atom. The summed E-state index contributed by atoms with van der Waals surface area (Å²) >= 11 is 1.57. The SMILES string of the molecule is COc1cc([C@@H]2Nn3c(nnc3-c3ccccc3)S2)ccc1O. The van der Waals surface area contributed by atoms with E-state index in [0.717, 1.165) is 22.1 Å². The summed E-state index contributed by atoms with van der Waals surface area (Å²) in [5.41, 5.74) is 5.38. The van der Waals surface area contributed by atoms with Gasteiger partial charge in [0.05, 0.1) is 7.11 Å². The average molecular weight is 326 g/mol. The van der Waals surface area contributed by atoms with Gasteiger partial charge in [0.25, 0.3) is 0 Å². The molecule has 1 aromatic heterocycles. The Balaban J connectivity index is 1.65. The first-order valence-corrected chi connectivity index (χ1v) is 7.95. The molecule has 1 aliphatic rings. The summed E-state index contributed by atoms with van der Waals surface area (Å²) in [6.45, 7) is 0. The summed E-state index contributed by atoms with van der Waals surface area (Å²) in [6.07, 6.45) is 0. The van der Waals surface area contributed by atoms with Crippen LogP contribution in [0.4, 0.5) is 0 Å². The van der Waals surface area contributed by atoms with Crippen LogP contribution in [0.2, 0.25) is 0 Å². The molecule has 1 aliphatic heterocycles. The Labute approximate surface area is 137 Å². The van der Waals surface area contributed by atoms with Gasteiger partial charge in [0.2, 0.25) is 5.16 Å². The molecule has 0 saturated carbocycles. The van der Waals surface area contributed by atoms with Crippen molar-refractivity contribution in [1.82, 2.24) is 14.9 Å². The highest BCUT2D eigenvalue weighted by molar-refractivity contribution is 7.99. The lowest BCUT2D eigenvalue weighted by molar-refractivity contribution is 0.373. The number of nitrogens with zero attached hydrogens (tertiary/aromatic N) is 3. The molecule has 7 heteroatoms. The fourth-order valence-corrected chi connectivity index (χ4v) is 3.47. The molecule has 2 N–H and O–H groups in total. The van der Waals surface area contributed by atoms with Crippen LogP contribution in [0.25, 0.3) is 11.4 Å². The van der Waals surface area contributed by atoms with Crippen LogP contribution in [0.5, 0.6) is 11.5 Å². The smallest absolute Gasteiger partial charge is 0.212 e. The van der Waals surface area contributed by atoms with E-state index < -0.39 is 0 Å². The van der Waals surface area contributed by atoms with Crippen molar-refractivity contribution in [3.05, 3.63) is 54.1 Å². The maximum atomic E-state index is 9.72. The number of benzene rings is 2. The predicted octanol–water partition coefficient (Wildman–Crippen LogP) is 3.01. The van der Waals surface area contributed by atoms with E-state index in [1.165, 1.54) is 7.11 Å². The predicted molar refractivity (Wildman–Crippen MR) is 88.1 cm³/mol. The summed E-state index contributed by atoms with van der Waals surface area (Å²) < 4.78 is 7.07. The summed E-state index contributed by atoms with van der Waals surface area (Å²) in [6, 6.07) is 15.2. The lowest BCUT2D eigenvalue weighted by Gasteiger charge is -2.13. The first-order valence-electron chi connectivity index (χ1n) is 7.07. The zero-order chi connectivity index (χ0) is 15.8. The minimum atomic E-state index is -0.0162. The van der Waals surface area contributed by atoms with E-state index in [9.17, 15) is 5.11 Å². The lowest BCUT2D eigenvalue weighted by atomic mass is 10.2. The maximum absolute atomic E-state index is 9.72. The number of thioether (sulfide) groups is 1. The topological polar surface area (TPSA) is 72.2 Å². The molecular weight excluding hydrogens is 312 g/mol. The van der Waals surface area contributed by atoms with Gasteiger partial charge in [0.15, 0.2) is 17.3 Å². The molecule has 0 fully saturated rings. The summed E-state index contributed by atoms with van der Waals surface area (Å²) in [4.78, 5) is 0. The lowest BCUT2D eigenvalue weighted by Crippen LogP contribution is -2.13. The van der Waals surface area contributed by atoms with E-state index >= 15 is 0 Å². The third-order valence-electron chi connectivity index (χ3n) is 3.64. The van der Waals surface area contributed by atoms with Crippen molar-refractivity contribution >= 4 is 11.8 Å². The molecule has 0 unspecified atom stereocenters. The number of rotatable bonds is 3. The van der Waals surface area contributed by atoms with Gasteiger partial charge in [-0.2, -0.15) is 0 Å². The highest BCUT2D eigenvalue weighted by Crippen LogP contribution is 2.42. The third kappa shape index (κ3) is 2.39. The number of hydrogen-bond donors (Lipinski definition) is 2. The number of nitrogens with one attached hydrogen (secondary N) is 1. The molecule has 2 aromatic carbocycles. The van der Waals surface area contributed by atoms with Gasteiger partial charge in [-0.25, -0.2) is 4.68 Å². The minimum Gasteiger partial charge on any atom is -0.504 e. The number of aromatic hydroxyl groups is 1. The molecule has 23 heavy (non-hydrogen) atoms. The molecule has 116 valence electrons. The quantitative estimate of drug-likeness (QED) is 0.771. The molecule has 0 amide bonds. The number of phenolic OH excluding ortho intramolecular Hbond substituents is 1. The summed E-state index contributed by atoms with van der Waals surface area (Å²) in [5.74, 6) is 1.36. The number of hydrogen-bond acceptors (Lipinski definition) is 6. The van der Waals surface area contributed by atoms with E-state index in [-0.39, 0.29) is 11.1 Å². The molecule has 0 bridgehead atoms. The van der Waals surface area contributed by atoms with Gasteiger partial charge in [-0.1, -0.05) is 48.2 Å². The Morgan fingerprint density at radius 2 is 2.00 bits per heavy atom. The number of phenols is 1. The fraction of sp³-hybridized carbons (Fsp3) is 0.125. The monoisotopic (exact) mass is 326 g/mol. The van der Waals surface area contributed by atoms with Crippen LogP contribution in [-0.2, 0) is 0 Å². The first kappa shape index (κ1) is 14.0. The van der Waals surface area contributed by atoms with Gasteiger partial charge in [-0.15, -0.1) is 10.2 Å². The second kappa shape index (κ2) is 5.51. The highest BCUT2D eigenvalue weighted by Gasteiger charge is 2.28. The molecule has 0 spiro atoms. The maximum Gasteiger partial charge on any atom is 0.212 e. The van der Waals surface area contributed by atoms with E-state index in [1.54, 1.807) is 17.8 Å². The standard InChI is InChI=1S/C16H14N4O2S/c1-22-13-9-11(7-8-12(13)21)15-19-20-14(17-18-16(20)23-15)10-5-3-2-4-6-10/h2-9,15,19,21H,1H3/t15-/m1/s1. The van der Waals surface area contributed by atoms with Crippen LogP contribution in [0.1, 0.15) is 10.9 Å². The van der Waals surface area contributed by atoms with Crippen molar-refractivity contribution < 1.29 is 9.84 Å². The molecule has 0 saturated heterocycles. The second-order valence-corrected chi connectivity index (χ2v) is 6.14. The van der Waals surface area contributed by atoms with Gasteiger partial charge >= 0.3 is 0 Å². The zero-order valence-corrected chi connectivity index (χ0v) is 13.1. The number of ether oxygens (including phenoxy) is 1. The van der Waals surface area contributed by atoms with E-state index in [4.69, 9.17) is 4.74 Å². The Bertz CT molecular complexity index is 851. The second-order valence-electron chi connectivity index (χ2n) is 5.07. The average Bonchev–Trinajstić information content (AvgIpc) is 3.16. The van der Waals surface area contributed by atoms with Gasteiger partial charge in [0.1, 0.15) is 5.37 Å². The highest BCUT2D eigenvalue weighted by atomic mass is 32.2. The molecule has 4 rings (SSSR count). The molecular formula is C16H14N4O2S. The minimum absolute atomic E-state index is 0.0162. The Kier molecular flexibility index (Phi) is 3.34. The van der Waals surface area contributed by atoms with E-state index in [2.05, 4.69) is 15.6 Å². The normalized spacial score (nSPS) is 16.0. The largest absolute Gasteiger partial charge is 0.504 e. The van der Waals surface area contributed by atoms with Crippen molar-refractivity contribution in [2.24, 2.45) is 0 Å². The van der Waals surface area contributed by atoms with Gasteiger partial charge in [-0.05, 0) is 17.7 Å². The van der Waals surface area contributed by atoms with Crippen LogP contribution in [0.3, 0.4) is 0 Å². The molecule has 0 radical (unpaired) electrons. The Morgan fingerprint density at radius 1 is 1.17 bits per heavy atom. The van der Waals surface area contributed by atoms with Crippen molar-refractivity contribution in [3.8, 4) is 22.9 Å². The summed E-state index contributed by atoms with van der Waals surface area (Å²) in [7, 11) is 1.54. The van der Waals surface area contributed by atoms with E-state index in [1.807, 2.05) is 47.1 Å². The number of aromatic nitrogens is 3. The number of methoxy groups -OCH3 is 1. The fourth-order valence-electron chi connectivity index (χ4n) is 2.49. The summed E-state index contributed by atoms with van der Waals surface area (Å²) in [5, 5.41) is 19.0. The van der Waals surface area contributed by atoms with Crippen molar-refractivity contribution in [3.63, 3.8) is 0 Å². The van der Waals surface area contributed by atoms with Gasteiger partial charge in [0, 0.05) is 5.56 Å².